The predicted molar refractivity (Wildman–Crippen MR) is 122 cm³/mol. The average molecular weight is 404 g/mol. The zero-order valence-corrected chi connectivity index (χ0v) is 18.5. The Labute approximate surface area is 177 Å². The van der Waals surface area contributed by atoms with Crippen LogP contribution >= 0.6 is 0 Å². The van der Waals surface area contributed by atoms with Crippen LogP contribution in [0.4, 0.5) is 5.69 Å². The lowest BCUT2D eigenvalue weighted by Crippen LogP contribution is -2.11. The Balaban J connectivity index is 1.89. The number of amides is 1. The van der Waals surface area contributed by atoms with Crippen LogP contribution in [-0.4, -0.2) is 17.0 Å². The minimum Gasteiger partial charge on any atom is -0.478 e. The molecule has 0 saturated heterocycles. The number of unbranched alkanes of at least 4 members (excludes halogenated alkanes) is 11. The standard InChI is InChI=1S/C25H41NO3/c1-21(2)15-13-11-9-7-5-3-4-6-8-10-12-14-16-24(27)26-23-19-17-22(18-20-23)25(28)29/h17-21H,3-16H2,1-2H3,(H,26,27)(H,28,29). The third kappa shape index (κ3) is 13.9. The molecule has 29 heavy (non-hydrogen) atoms. The minimum absolute atomic E-state index is 0.00136. The normalized spacial score (nSPS) is 11.0. The van der Waals surface area contributed by atoms with Crippen LogP contribution in [-0.2, 0) is 4.79 Å². The number of carbonyl (C=O) groups excluding carboxylic acids is 1. The van der Waals surface area contributed by atoms with Crippen LogP contribution in [0.2, 0.25) is 0 Å². The van der Waals surface area contributed by atoms with Gasteiger partial charge in [-0.1, -0.05) is 90.9 Å². The summed E-state index contributed by atoms with van der Waals surface area (Å²) in [5.41, 5.74) is 0.879. The highest BCUT2D eigenvalue weighted by atomic mass is 16.4. The van der Waals surface area contributed by atoms with Crippen LogP contribution in [0.15, 0.2) is 24.3 Å². The van der Waals surface area contributed by atoms with Crippen LogP contribution in [0.5, 0.6) is 0 Å². The molecule has 1 aromatic carbocycles. The number of anilines is 1. The monoisotopic (exact) mass is 403 g/mol. The van der Waals surface area contributed by atoms with Gasteiger partial charge < -0.3 is 10.4 Å². The highest BCUT2D eigenvalue weighted by Gasteiger charge is 2.05. The molecule has 0 spiro atoms. The number of aromatic carboxylic acids is 1. The van der Waals surface area contributed by atoms with E-state index >= 15 is 0 Å². The fourth-order valence-corrected chi connectivity index (χ4v) is 3.53. The van der Waals surface area contributed by atoms with Gasteiger partial charge in [0.1, 0.15) is 0 Å². The second-order valence-corrected chi connectivity index (χ2v) is 8.61. The molecule has 0 aromatic heterocycles. The molecule has 0 heterocycles. The van der Waals surface area contributed by atoms with Crippen LogP contribution in [0.3, 0.4) is 0 Å². The van der Waals surface area contributed by atoms with E-state index in [2.05, 4.69) is 19.2 Å². The molecule has 0 bridgehead atoms. The van der Waals surface area contributed by atoms with Gasteiger partial charge in [0.05, 0.1) is 5.56 Å². The molecular formula is C25H41NO3. The third-order valence-electron chi connectivity index (χ3n) is 5.35. The van der Waals surface area contributed by atoms with Crippen LogP contribution in [0.1, 0.15) is 114 Å². The number of carboxylic acids is 1. The van der Waals surface area contributed by atoms with Crippen molar-refractivity contribution in [2.24, 2.45) is 5.92 Å². The highest BCUT2D eigenvalue weighted by Crippen LogP contribution is 2.15. The van der Waals surface area contributed by atoms with E-state index in [1.54, 1.807) is 12.1 Å². The highest BCUT2D eigenvalue weighted by molar-refractivity contribution is 5.92. The van der Waals surface area contributed by atoms with E-state index in [0.29, 0.717) is 12.1 Å². The number of rotatable bonds is 17. The number of carboxylic acid groups (broad SMARTS) is 1. The van der Waals surface area contributed by atoms with E-state index in [1.807, 2.05) is 0 Å². The van der Waals surface area contributed by atoms with E-state index in [9.17, 15) is 9.59 Å². The summed E-state index contributed by atoms with van der Waals surface area (Å²) in [6.07, 6.45) is 17.4. The Morgan fingerprint density at radius 2 is 1.21 bits per heavy atom. The lowest BCUT2D eigenvalue weighted by Gasteiger charge is -2.06. The zero-order chi connectivity index (χ0) is 21.3. The van der Waals surface area contributed by atoms with E-state index < -0.39 is 5.97 Å². The van der Waals surface area contributed by atoms with Crippen molar-refractivity contribution in [3.63, 3.8) is 0 Å². The van der Waals surface area contributed by atoms with Crippen molar-refractivity contribution in [3.05, 3.63) is 29.8 Å². The summed E-state index contributed by atoms with van der Waals surface area (Å²) in [6, 6.07) is 6.27. The molecule has 4 heteroatoms. The van der Waals surface area contributed by atoms with Crippen LogP contribution in [0, 0.1) is 5.92 Å². The van der Waals surface area contributed by atoms with Gasteiger partial charge in [-0.05, 0) is 36.6 Å². The van der Waals surface area contributed by atoms with Gasteiger partial charge in [-0.25, -0.2) is 4.79 Å². The largest absolute Gasteiger partial charge is 0.478 e. The summed E-state index contributed by atoms with van der Waals surface area (Å²) >= 11 is 0. The molecule has 0 aliphatic carbocycles. The lowest BCUT2D eigenvalue weighted by molar-refractivity contribution is -0.116. The molecule has 0 unspecified atom stereocenters. The molecule has 1 rings (SSSR count). The van der Waals surface area contributed by atoms with E-state index in [1.165, 1.54) is 82.8 Å². The summed E-state index contributed by atoms with van der Waals surface area (Å²) in [4.78, 5) is 22.8. The molecule has 0 fully saturated rings. The Morgan fingerprint density at radius 3 is 1.66 bits per heavy atom. The maximum Gasteiger partial charge on any atom is 0.335 e. The average Bonchev–Trinajstić information content (AvgIpc) is 2.68. The first-order chi connectivity index (χ1) is 14.0. The maximum atomic E-state index is 11.9. The van der Waals surface area contributed by atoms with Crippen molar-refractivity contribution in [1.82, 2.24) is 0 Å². The molecule has 2 N–H and O–H groups in total. The fourth-order valence-electron chi connectivity index (χ4n) is 3.53. The first kappa shape index (κ1) is 25.2. The molecule has 0 saturated carbocycles. The zero-order valence-electron chi connectivity index (χ0n) is 18.5. The molecule has 0 aliphatic rings. The number of hydrogen-bond acceptors (Lipinski definition) is 2. The molecule has 1 amide bonds. The number of benzene rings is 1. The quantitative estimate of drug-likeness (QED) is 0.266. The number of carbonyl (C=O) groups is 2. The SMILES string of the molecule is CC(C)CCCCCCCCCCCCCCC(=O)Nc1ccc(C(=O)O)cc1. The Kier molecular flexibility index (Phi) is 13.9. The second-order valence-electron chi connectivity index (χ2n) is 8.61. The molecule has 164 valence electrons. The molecule has 0 atom stereocenters. The van der Waals surface area contributed by atoms with Crippen LogP contribution < -0.4 is 5.32 Å². The molecular weight excluding hydrogens is 362 g/mol. The molecule has 0 aliphatic heterocycles. The third-order valence-corrected chi connectivity index (χ3v) is 5.35. The summed E-state index contributed by atoms with van der Waals surface area (Å²) in [5.74, 6) is -0.108. The smallest absolute Gasteiger partial charge is 0.335 e. The summed E-state index contributed by atoms with van der Waals surface area (Å²) in [6.45, 7) is 4.61. The van der Waals surface area contributed by atoms with Gasteiger partial charge in [0, 0.05) is 12.1 Å². The summed E-state index contributed by atoms with van der Waals surface area (Å²) < 4.78 is 0. The van der Waals surface area contributed by atoms with Gasteiger partial charge in [0.15, 0.2) is 0 Å². The van der Waals surface area contributed by atoms with Crippen molar-refractivity contribution in [2.75, 3.05) is 5.32 Å². The first-order valence-corrected chi connectivity index (χ1v) is 11.6. The summed E-state index contributed by atoms with van der Waals surface area (Å²) in [7, 11) is 0. The second kappa shape index (κ2) is 16.0. The Morgan fingerprint density at radius 1 is 0.759 bits per heavy atom. The van der Waals surface area contributed by atoms with Gasteiger partial charge in [-0.15, -0.1) is 0 Å². The lowest BCUT2D eigenvalue weighted by atomic mass is 10.0. The fraction of sp³-hybridized carbons (Fsp3) is 0.680. The van der Waals surface area contributed by atoms with Crippen molar-refractivity contribution in [1.29, 1.82) is 0 Å². The van der Waals surface area contributed by atoms with E-state index in [4.69, 9.17) is 5.11 Å². The van der Waals surface area contributed by atoms with Gasteiger partial charge in [0.2, 0.25) is 5.91 Å². The van der Waals surface area contributed by atoms with E-state index in [-0.39, 0.29) is 11.5 Å². The number of hydrogen-bond donors (Lipinski definition) is 2. The van der Waals surface area contributed by atoms with E-state index in [0.717, 1.165) is 18.8 Å². The van der Waals surface area contributed by atoms with Gasteiger partial charge in [-0.2, -0.15) is 0 Å². The Bertz CT molecular complexity index is 566. The number of nitrogens with one attached hydrogen (secondary N) is 1. The van der Waals surface area contributed by atoms with Crippen molar-refractivity contribution in [2.45, 2.75) is 104 Å². The molecule has 4 nitrogen and oxygen atoms in total. The topological polar surface area (TPSA) is 66.4 Å². The van der Waals surface area contributed by atoms with Crippen molar-refractivity contribution < 1.29 is 14.7 Å². The van der Waals surface area contributed by atoms with Gasteiger partial charge in [0.25, 0.3) is 0 Å². The minimum atomic E-state index is -0.958. The van der Waals surface area contributed by atoms with Gasteiger partial charge >= 0.3 is 5.97 Å². The Hall–Kier alpha value is -1.84. The molecule has 0 radical (unpaired) electrons. The predicted octanol–water partition coefficient (Wildman–Crippen LogP) is 7.44. The maximum absolute atomic E-state index is 11.9. The van der Waals surface area contributed by atoms with Crippen LogP contribution in [0.25, 0.3) is 0 Å². The summed E-state index contributed by atoms with van der Waals surface area (Å²) in [5, 5.41) is 11.7. The van der Waals surface area contributed by atoms with Gasteiger partial charge in [-0.3, -0.25) is 4.79 Å². The molecule has 1 aromatic rings. The van der Waals surface area contributed by atoms with Crippen molar-refractivity contribution in [3.8, 4) is 0 Å². The van der Waals surface area contributed by atoms with Crippen molar-refractivity contribution >= 4 is 17.6 Å². The first-order valence-electron chi connectivity index (χ1n) is 11.6.